The maximum Gasteiger partial charge on any atom is 0.355 e. The molecule has 32 heavy (non-hydrogen) atoms. The van der Waals surface area contributed by atoms with Gasteiger partial charge in [-0.25, -0.2) is 15.0 Å². The topological polar surface area (TPSA) is 144 Å². The molecule has 0 atom stereocenters. The lowest BCUT2D eigenvalue weighted by molar-refractivity contribution is -0.383. The van der Waals surface area contributed by atoms with E-state index in [4.69, 9.17) is 4.74 Å². The maximum absolute atomic E-state index is 12.4. The number of hydrazine groups is 1. The lowest BCUT2D eigenvalue weighted by Gasteiger charge is -2.10. The summed E-state index contributed by atoms with van der Waals surface area (Å²) in [5.41, 5.74) is 5.51. The Labute approximate surface area is 193 Å². The number of hydrogen-bond acceptors (Lipinski definition) is 10. The molecule has 4 aromatic rings. The molecule has 11 nitrogen and oxygen atoms in total. The van der Waals surface area contributed by atoms with Crippen LogP contribution in [0.4, 0.5) is 22.5 Å². The van der Waals surface area contributed by atoms with Crippen LogP contribution in [-0.4, -0.2) is 32.9 Å². The van der Waals surface area contributed by atoms with Crippen LogP contribution in [0.1, 0.15) is 10.4 Å². The first-order chi connectivity index (χ1) is 15.5. The summed E-state index contributed by atoms with van der Waals surface area (Å²) in [6, 6.07) is 12.1. The number of nitro groups is 1. The van der Waals surface area contributed by atoms with Gasteiger partial charge in [-0.05, 0) is 46.3 Å². The standard InChI is InChI=1S/C19H14BrN7O4S/c1-31-10-6-7-13-14(8-10)32-19(23-13)24-16-15(27(29)30)17(22-9-21-16)25-26-18(28)11-4-2-3-5-12(11)20/h2-9H,1H3,(H,26,28)(H2,21,22,23,24,25). The average Bonchev–Trinajstić information content (AvgIpc) is 3.18. The molecule has 0 saturated heterocycles. The Morgan fingerprint density at radius 3 is 2.72 bits per heavy atom. The van der Waals surface area contributed by atoms with Gasteiger partial charge in [-0.1, -0.05) is 23.5 Å². The third-order valence-electron chi connectivity index (χ3n) is 4.24. The number of fused-ring (bicyclic) bond motifs is 1. The molecule has 0 spiro atoms. The number of nitrogens with one attached hydrogen (secondary N) is 3. The first-order valence-corrected chi connectivity index (χ1v) is 10.6. The van der Waals surface area contributed by atoms with Crippen molar-refractivity contribution < 1.29 is 14.5 Å². The van der Waals surface area contributed by atoms with E-state index in [0.717, 1.165) is 11.0 Å². The fourth-order valence-corrected chi connectivity index (χ4v) is 4.11. The molecule has 2 aromatic heterocycles. The van der Waals surface area contributed by atoms with Gasteiger partial charge in [0.1, 0.15) is 12.1 Å². The number of nitrogens with zero attached hydrogens (tertiary/aromatic N) is 4. The van der Waals surface area contributed by atoms with Gasteiger partial charge in [0.25, 0.3) is 5.91 Å². The van der Waals surface area contributed by atoms with Crippen molar-refractivity contribution in [3.8, 4) is 5.75 Å². The first-order valence-electron chi connectivity index (χ1n) is 8.98. The van der Waals surface area contributed by atoms with Gasteiger partial charge >= 0.3 is 5.69 Å². The minimum Gasteiger partial charge on any atom is -0.497 e. The van der Waals surface area contributed by atoms with Crippen LogP contribution in [0.2, 0.25) is 0 Å². The molecule has 0 aliphatic carbocycles. The number of methoxy groups -OCH3 is 1. The highest BCUT2D eigenvalue weighted by atomic mass is 79.9. The number of benzene rings is 2. The van der Waals surface area contributed by atoms with Crippen LogP contribution in [0.25, 0.3) is 10.2 Å². The second-order valence-electron chi connectivity index (χ2n) is 6.21. The fourth-order valence-electron chi connectivity index (χ4n) is 2.75. The van der Waals surface area contributed by atoms with Crippen LogP contribution in [0.3, 0.4) is 0 Å². The summed E-state index contributed by atoms with van der Waals surface area (Å²) in [5.74, 6) is -0.0858. The number of anilines is 3. The Hall–Kier alpha value is -3.84. The van der Waals surface area contributed by atoms with Gasteiger partial charge in [0.2, 0.25) is 11.6 Å². The monoisotopic (exact) mass is 515 g/mol. The molecule has 0 unspecified atom stereocenters. The maximum atomic E-state index is 12.4. The molecule has 3 N–H and O–H groups in total. The number of amides is 1. The zero-order chi connectivity index (χ0) is 22.7. The fraction of sp³-hybridized carbons (Fsp3) is 0.0526. The van der Waals surface area contributed by atoms with Crippen molar-refractivity contribution in [2.75, 3.05) is 17.9 Å². The predicted molar refractivity (Wildman–Crippen MR) is 123 cm³/mol. The van der Waals surface area contributed by atoms with Gasteiger partial charge in [0.15, 0.2) is 5.13 Å². The van der Waals surface area contributed by atoms with Gasteiger partial charge in [-0.3, -0.25) is 25.8 Å². The quantitative estimate of drug-likeness (QED) is 0.242. The van der Waals surface area contributed by atoms with E-state index in [9.17, 15) is 14.9 Å². The zero-order valence-corrected chi connectivity index (χ0v) is 18.7. The number of halogens is 1. The number of carbonyl (C=O) groups excluding carboxylic acids is 1. The highest BCUT2D eigenvalue weighted by Gasteiger charge is 2.24. The zero-order valence-electron chi connectivity index (χ0n) is 16.3. The van der Waals surface area contributed by atoms with Crippen molar-refractivity contribution in [1.29, 1.82) is 0 Å². The average molecular weight is 516 g/mol. The van der Waals surface area contributed by atoms with Gasteiger partial charge in [0.05, 0.1) is 27.8 Å². The minimum absolute atomic E-state index is 0.0753. The van der Waals surface area contributed by atoms with Crippen molar-refractivity contribution in [1.82, 2.24) is 20.4 Å². The lowest BCUT2D eigenvalue weighted by Crippen LogP contribution is -2.30. The van der Waals surface area contributed by atoms with Crippen LogP contribution in [0.15, 0.2) is 53.3 Å². The second kappa shape index (κ2) is 9.11. The Morgan fingerprint density at radius 1 is 1.19 bits per heavy atom. The summed E-state index contributed by atoms with van der Waals surface area (Å²) in [6.45, 7) is 0. The van der Waals surface area contributed by atoms with E-state index in [0.29, 0.717) is 26.4 Å². The highest BCUT2D eigenvalue weighted by molar-refractivity contribution is 9.10. The number of aromatic nitrogens is 3. The summed E-state index contributed by atoms with van der Waals surface area (Å²) in [4.78, 5) is 35.8. The molecule has 0 aliphatic rings. The van der Waals surface area contributed by atoms with E-state index in [1.807, 2.05) is 6.07 Å². The predicted octanol–water partition coefficient (Wildman–Crippen LogP) is 4.27. The summed E-state index contributed by atoms with van der Waals surface area (Å²) in [6.07, 6.45) is 1.14. The Balaban J connectivity index is 1.59. The number of hydrogen-bond donors (Lipinski definition) is 3. The van der Waals surface area contributed by atoms with E-state index in [1.54, 1.807) is 43.5 Å². The summed E-state index contributed by atoms with van der Waals surface area (Å²) in [5, 5.41) is 15.0. The van der Waals surface area contributed by atoms with Gasteiger partial charge in [0, 0.05) is 4.47 Å². The minimum atomic E-state index is -0.647. The highest BCUT2D eigenvalue weighted by Crippen LogP contribution is 2.34. The van der Waals surface area contributed by atoms with Crippen molar-refractivity contribution in [2.45, 2.75) is 0 Å². The molecule has 0 bridgehead atoms. The van der Waals surface area contributed by atoms with E-state index >= 15 is 0 Å². The molecule has 162 valence electrons. The molecular formula is C19H14BrN7O4S. The van der Waals surface area contributed by atoms with Crippen LogP contribution in [-0.2, 0) is 0 Å². The number of ether oxygens (including phenoxy) is 1. The molecule has 0 radical (unpaired) electrons. The molecule has 4 rings (SSSR count). The van der Waals surface area contributed by atoms with Crippen LogP contribution >= 0.6 is 27.3 Å². The third kappa shape index (κ3) is 4.43. The molecule has 0 aliphatic heterocycles. The van der Waals surface area contributed by atoms with Gasteiger partial charge in [-0.15, -0.1) is 0 Å². The van der Waals surface area contributed by atoms with Crippen LogP contribution < -0.4 is 20.9 Å². The third-order valence-corrected chi connectivity index (χ3v) is 5.86. The SMILES string of the molecule is COc1ccc2nc(Nc3ncnc(NNC(=O)c4ccccc4Br)c3[N+](=O)[O-])sc2c1. The van der Waals surface area contributed by atoms with E-state index in [2.05, 4.69) is 47.1 Å². The van der Waals surface area contributed by atoms with E-state index < -0.39 is 16.5 Å². The van der Waals surface area contributed by atoms with E-state index in [1.165, 1.54) is 11.3 Å². The van der Waals surface area contributed by atoms with Crippen molar-refractivity contribution in [2.24, 2.45) is 0 Å². The number of rotatable bonds is 7. The van der Waals surface area contributed by atoms with Crippen molar-refractivity contribution in [3.63, 3.8) is 0 Å². The second-order valence-corrected chi connectivity index (χ2v) is 8.10. The summed E-state index contributed by atoms with van der Waals surface area (Å²) < 4.78 is 6.62. The Kier molecular flexibility index (Phi) is 6.09. The van der Waals surface area contributed by atoms with Crippen molar-refractivity contribution in [3.05, 3.63) is 68.9 Å². The normalized spacial score (nSPS) is 10.6. The van der Waals surface area contributed by atoms with Gasteiger partial charge < -0.3 is 10.1 Å². The number of carbonyl (C=O) groups is 1. The summed E-state index contributed by atoms with van der Waals surface area (Å²) >= 11 is 4.57. The lowest BCUT2D eigenvalue weighted by atomic mass is 10.2. The molecule has 13 heteroatoms. The summed E-state index contributed by atoms with van der Waals surface area (Å²) in [7, 11) is 1.56. The molecule has 2 heterocycles. The first kappa shape index (κ1) is 21.4. The molecule has 0 saturated carbocycles. The molecule has 1 amide bonds. The molecule has 0 fully saturated rings. The van der Waals surface area contributed by atoms with Crippen LogP contribution in [0.5, 0.6) is 5.75 Å². The smallest absolute Gasteiger partial charge is 0.355 e. The largest absolute Gasteiger partial charge is 0.497 e. The van der Waals surface area contributed by atoms with E-state index in [-0.39, 0.29) is 11.6 Å². The molecular weight excluding hydrogens is 502 g/mol. The van der Waals surface area contributed by atoms with Crippen molar-refractivity contribution >= 4 is 65.8 Å². The van der Waals surface area contributed by atoms with Gasteiger partial charge in [-0.2, -0.15) is 0 Å². The number of thiazole rings is 1. The Bertz CT molecular complexity index is 1330. The molecule has 2 aromatic carbocycles. The van der Waals surface area contributed by atoms with Crippen LogP contribution in [0, 0.1) is 10.1 Å². The Morgan fingerprint density at radius 2 is 1.97 bits per heavy atom.